The molecule has 2 aliphatic rings. The number of hydrogen-bond acceptors (Lipinski definition) is 6. The number of thioether (sulfide) groups is 1. The lowest BCUT2D eigenvalue weighted by Crippen LogP contribution is -2.60. The summed E-state index contributed by atoms with van der Waals surface area (Å²) in [4.78, 5) is 38.8. The molecule has 0 saturated heterocycles. The van der Waals surface area contributed by atoms with Crippen molar-refractivity contribution < 1.29 is 31.9 Å². The lowest BCUT2D eigenvalue weighted by atomic mass is 9.94. The summed E-state index contributed by atoms with van der Waals surface area (Å²) in [5.41, 5.74) is 0.629. The number of ether oxygens (including phenoxy) is 1. The van der Waals surface area contributed by atoms with E-state index in [1.807, 2.05) is 12.1 Å². The first-order chi connectivity index (χ1) is 18.0. The fraction of sp³-hybridized carbons (Fsp3) is 0.269. The molecule has 0 bridgehead atoms. The van der Waals surface area contributed by atoms with E-state index in [0.717, 1.165) is 25.5 Å². The van der Waals surface area contributed by atoms with Crippen molar-refractivity contribution in [3.63, 3.8) is 0 Å². The first-order valence-electron chi connectivity index (χ1n) is 11.6. The molecule has 0 fully saturated rings. The second-order valence-corrected chi connectivity index (χ2v) is 9.90. The average molecular weight is 548 g/mol. The number of amides is 1. The average Bonchev–Trinajstić information content (AvgIpc) is 3.02. The number of halogens is 4. The molecule has 0 spiro atoms. The fourth-order valence-electron chi connectivity index (χ4n) is 4.73. The highest BCUT2D eigenvalue weighted by atomic mass is 32.2. The molecule has 0 radical (unpaired) electrons. The molecule has 2 aliphatic heterocycles. The van der Waals surface area contributed by atoms with Crippen LogP contribution >= 0.6 is 11.8 Å². The SMILES string of the molecule is CC(=O)Oc1c2n(ccc1=O)N([C@@H]1c3ccccc3CSc3c(F)cccc31)CN([C@H](C)C(F)(F)F)C2=O. The van der Waals surface area contributed by atoms with E-state index in [1.54, 1.807) is 18.2 Å². The van der Waals surface area contributed by atoms with Gasteiger partial charge in [0, 0.05) is 29.8 Å². The number of esters is 1. The number of pyridine rings is 1. The highest BCUT2D eigenvalue weighted by Crippen LogP contribution is 2.44. The fourth-order valence-corrected chi connectivity index (χ4v) is 5.85. The minimum atomic E-state index is -4.79. The topological polar surface area (TPSA) is 71.8 Å². The van der Waals surface area contributed by atoms with E-state index in [9.17, 15) is 27.6 Å². The summed E-state index contributed by atoms with van der Waals surface area (Å²) in [6.45, 7) is 1.31. The van der Waals surface area contributed by atoms with Crippen molar-refractivity contribution >= 4 is 23.6 Å². The van der Waals surface area contributed by atoms with Crippen molar-refractivity contribution in [1.82, 2.24) is 9.58 Å². The monoisotopic (exact) mass is 547 g/mol. The van der Waals surface area contributed by atoms with Crippen LogP contribution in [0.1, 0.15) is 47.1 Å². The summed E-state index contributed by atoms with van der Waals surface area (Å²) in [5.74, 6) is -2.80. The van der Waals surface area contributed by atoms with Crippen LogP contribution < -0.4 is 15.2 Å². The summed E-state index contributed by atoms with van der Waals surface area (Å²) < 4.78 is 63.1. The summed E-state index contributed by atoms with van der Waals surface area (Å²) in [7, 11) is 0. The predicted molar refractivity (Wildman–Crippen MR) is 131 cm³/mol. The van der Waals surface area contributed by atoms with Crippen LogP contribution in [0.4, 0.5) is 17.6 Å². The number of carbonyl (C=O) groups is 2. The maximum absolute atomic E-state index is 15.0. The van der Waals surface area contributed by atoms with Gasteiger partial charge in [-0.2, -0.15) is 13.2 Å². The van der Waals surface area contributed by atoms with Crippen LogP contribution in [0.15, 0.2) is 64.4 Å². The Morgan fingerprint density at radius 2 is 1.79 bits per heavy atom. The first-order valence-corrected chi connectivity index (χ1v) is 12.5. The predicted octanol–water partition coefficient (Wildman–Crippen LogP) is 4.61. The Kier molecular flexibility index (Phi) is 6.46. The van der Waals surface area contributed by atoms with Crippen LogP contribution in [0.5, 0.6) is 5.75 Å². The summed E-state index contributed by atoms with van der Waals surface area (Å²) in [5, 5.41) is 1.45. The Hall–Kier alpha value is -3.80. The Balaban J connectivity index is 1.81. The van der Waals surface area contributed by atoms with Gasteiger partial charge < -0.3 is 9.64 Å². The number of nitrogens with zero attached hydrogens (tertiary/aromatic N) is 3. The molecule has 1 aromatic heterocycles. The maximum Gasteiger partial charge on any atom is 0.408 e. The van der Waals surface area contributed by atoms with Crippen LogP contribution in [-0.2, 0) is 10.5 Å². The number of benzene rings is 2. The molecule has 38 heavy (non-hydrogen) atoms. The van der Waals surface area contributed by atoms with Gasteiger partial charge in [0.15, 0.2) is 5.69 Å². The van der Waals surface area contributed by atoms with E-state index in [4.69, 9.17) is 4.74 Å². The molecule has 198 valence electrons. The summed E-state index contributed by atoms with van der Waals surface area (Å²) in [6.07, 6.45) is -3.54. The second-order valence-electron chi connectivity index (χ2n) is 8.92. The van der Waals surface area contributed by atoms with Crippen LogP contribution in [-0.4, -0.2) is 40.3 Å². The standard InChI is InChI=1S/C26H21F4N3O4S/c1-14(26(28,29)30)31-13-33(32-11-10-20(35)23(37-15(2)34)22(32)25(31)36)21-17-7-4-3-6-16(17)12-38-24-18(21)8-5-9-19(24)27/h3-11,14,21H,12-13H2,1-2H3/t14-,21-/m1/s1. The van der Waals surface area contributed by atoms with Gasteiger partial charge in [-0.15, -0.1) is 11.8 Å². The smallest absolute Gasteiger partial charge is 0.408 e. The van der Waals surface area contributed by atoms with Crippen LogP contribution in [0, 0.1) is 5.82 Å². The van der Waals surface area contributed by atoms with Crippen molar-refractivity contribution in [1.29, 1.82) is 0 Å². The van der Waals surface area contributed by atoms with Crippen molar-refractivity contribution in [2.75, 3.05) is 11.7 Å². The van der Waals surface area contributed by atoms with E-state index in [-0.39, 0.29) is 0 Å². The van der Waals surface area contributed by atoms with Crippen molar-refractivity contribution in [3.8, 4) is 5.75 Å². The quantitative estimate of drug-likeness (QED) is 0.353. The third-order valence-corrected chi connectivity index (χ3v) is 7.75. The Morgan fingerprint density at radius 1 is 1.08 bits per heavy atom. The van der Waals surface area contributed by atoms with Crippen LogP contribution in [0.3, 0.4) is 0 Å². The van der Waals surface area contributed by atoms with Gasteiger partial charge in [-0.1, -0.05) is 36.4 Å². The number of hydrogen-bond donors (Lipinski definition) is 0. The van der Waals surface area contributed by atoms with Gasteiger partial charge in [-0.3, -0.25) is 24.1 Å². The molecule has 7 nitrogen and oxygen atoms in total. The number of rotatable bonds is 3. The van der Waals surface area contributed by atoms with Gasteiger partial charge in [0.2, 0.25) is 11.2 Å². The molecule has 0 saturated carbocycles. The molecule has 0 unspecified atom stereocenters. The van der Waals surface area contributed by atoms with Crippen molar-refractivity contribution in [2.45, 2.75) is 42.8 Å². The van der Waals surface area contributed by atoms with Gasteiger partial charge in [0.1, 0.15) is 18.5 Å². The number of alkyl halides is 3. The number of fused-ring (bicyclic) bond motifs is 3. The van der Waals surface area contributed by atoms with E-state index < -0.39 is 59.5 Å². The molecule has 1 amide bonds. The van der Waals surface area contributed by atoms with E-state index in [0.29, 0.717) is 26.7 Å². The minimum absolute atomic E-state index is 0.323. The molecule has 3 heterocycles. The van der Waals surface area contributed by atoms with Gasteiger partial charge in [0.25, 0.3) is 5.91 Å². The number of carbonyl (C=O) groups excluding carboxylic acids is 2. The first kappa shape index (κ1) is 25.8. The van der Waals surface area contributed by atoms with E-state index in [1.165, 1.54) is 39.8 Å². The van der Waals surface area contributed by atoms with Gasteiger partial charge in [0.05, 0.1) is 6.04 Å². The highest BCUT2D eigenvalue weighted by molar-refractivity contribution is 7.98. The van der Waals surface area contributed by atoms with Crippen LogP contribution in [0.2, 0.25) is 0 Å². The van der Waals surface area contributed by atoms with Crippen molar-refractivity contribution in [3.05, 3.63) is 93.2 Å². The molecule has 12 heteroatoms. The minimum Gasteiger partial charge on any atom is -0.420 e. The van der Waals surface area contributed by atoms with E-state index >= 15 is 4.39 Å². The highest BCUT2D eigenvalue weighted by Gasteiger charge is 2.48. The largest absolute Gasteiger partial charge is 0.420 e. The normalized spacial score (nSPS) is 17.7. The molecular formula is C26H21F4N3O4S. The Labute approximate surface area is 218 Å². The third kappa shape index (κ3) is 4.32. The number of aromatic nitrogens is 1. The zero-order valence-electron chi connectivity index (χ0n) is 20.2. The van der Waals surface area contributed by atoms with E-state index in [2.05, 4.69) is 0 Å². The van der Waals surface area contributed by atoms with Gasteiger partial charge in [-0.05, 0) is 29.7 Å². The second kappa shape index (κ2) is 9.50. The molecule has 0 N–H and O–H groups in total. The molecular weight excluding hydrogens is 526 g/mol. The van der Waals surface area contributed by atoms with Gasteiger partial charge in [-0.25, -0.2) is 4.39 Å². The molecule has 2 aromatic carbocycles. The maximum atomic E-state index is 15.0. The summed E-state index contributed by atoms with van der Waals surface area (Å²) >= 11 is 1.26. The summed E-state index contributed by atoms with van der Waals surface area (Å²) in [6, 6.07) is 9.69. The molecule has 2 atom stereocenters. The lowest BCUT2D eigenvalue weighted by molar-refractivity contribution is -0.173. The lowest BCUT2D eigenvalue weighted by Gasteiger charge is -2.46. The molecule has 5 rings (SSSR count). The zero-order valence-corrected chi connectivity index (χ0v) is 21.0. The Bertz CT molecular complexity index is 1510. The van der Waals surface area contributed by atoms with Crippen LogP contribution in [0.25, 0.3) is 0 Å². The zero-order chi connectivity index (χ0) is 27.4. The third-order valence-electron chi connectivity index (χ3n) is 6.57. The van der Waals surface area contributed by atoms with Crippen molar-refractivity contribution in [2.24, 2.45) is 0 Å². The Morgan fingerprint density at radius 3 is 2.50 bits per heavy atom. The molecule has 3 aromatic rings. The molecule has 0 aliphatic carbocycles. The van der Waals surface area contributed by atoms with Gasteiger partial charge >= 0.3 is 12.1 Å².